The topological polar surface area (TPSA) is 76.6 Å². The minimum absolute atomic E-state index is 0.0214. The van der Waals surface area contributed by atoms with E-state index in [4.69, 9.17) is 42.5 Å². The monoisotopic (exact) mass is 639 g/mol. The Morgan fingerprint density at radius 2 is 2.03 bits per heavy atom. The van der Waals surface area contributed by atoms with Gasteiger partial charge >= 0.3 is 125 Å². The third-order valence-electron chi connectivity index (χ3n) is 4.19. The number of benzene rings is 1. The van der Waals surface area contributed by atoms with Gasteiger partial charge in [0.05, 0.1) is 13.7 Å². The molecule has 8 nitrogen and oxygen atoms in total. The summed E-state index contributed by atoms with van der Waals surface area (Å²) in [5, 5.41) is 3.17. The predicted molar refractivity (Wildman–Crippen MR) is 114 cm³/mol. The van der Waals surface area contributed by atoms with Crippen LogP contribution in [0, 0.1) is 0 Å². The smallest absolute Gasteiger partial charge is 0.0195 e. The van der Waals surface area contributed by atoms with Gasteiger partial charge in [-0.2, -0.15) is 0 Å². The van der Waals surface area contributed by atoms with Crippen LogP contribution >= 0.6 is 6.64 Å². The molecule has 4 unspecified atom stereocenters. The molecule has 162 valence electrons. The summed E-state index contributed by atoms with van der Waals surface area (Å²) >= 11 is 6.03. The van der Waals surface area contributed by atoms with Gasteiger partial charge in [-0.05, 0) is 12.1 Å². The molecule has 0 aromatic heterocycles. The van der Waals surface area contributed by atoms with Crippen LogP contribution in [0.1, 0.15) is 25.2 Å². The first-order chi connectivity index (χ1) is 14.0. The van der Waals surface area contributed by atoms with Crippen molar-refractivity contribution in [1.29, 1.82) is 0 Å². The van der Waals surface area contributed by atoms with Gasteiger partial charge in [0, 0.05) is 5.56 Å². The van der Waals surface area contributed by atoms with Crippen LogP contribution in [0.2, 0.25) is 0 Å². The normalized spacial score (nSPS) is 22.3. The van der Waals surface area contributed by atoms with Gasteiger partial charge in [-0.15, -0.1) is 0 Å². The van der Waals surface area contributed by atoms with Crippen molar-refractivity contribution in [3.63, 3.8) is 0 Å². The first-order valence-corrected chi connectivity index (χ1v) is 13.9. The Hall–Kier alpha value is 0.312. The zero-order valence-corrected chi connectivity index (χ0v) is 23.3. The number of hydrogen-bond donors (Lipinski definition) is 1. The molecular formula is C18H29NO7PSTl. The maximum Gasteiger partial charge on any atom is -0.0195 e. The average Bonchev–Trinajstić information content (AvgIpc) is 3.21. The quantitative estimate of drug-likeness (QED) is 0.188. The van der Waals surface area contributed by atoms with Gasteiger partial charge in [0.1, 0.15) is 5.75 Å². The second-order valence-electron chi connectivity index (χ2n) is 6.44. The third kappa shape index (κ3) is 9.14. The summed E-state index contributed by atoms with van der Waals surface area (Å²) < 4.78 is 39.0. The van der Waals surface area contributed by atoms with Crippen LogP contribution in [-0.4, -0.2) is 85.6 Å². The Morgan fingerprint density at radius 1 is 1.28 bits per heavy atom. The van der Waals surface area contributed by atoms with Gasteiger partial charge in [-0.3, -0.25) is 0 Å². The van der Waals surface area contributed by atoms with E-state index >= 15 is 0 Å². The average molecular weight is 639 g/mol. The molecule has 29 heavy (non-hydrogen) atoms. The van der Waals surface area contributed by atoms with Crippen molar-refractivity contribution in [1.82, 2.24) is 5.09 Å². The van der Waals surface area contributed by atoms with Crippen molar-refractivity contribution in [3.05, 3.63) is 29.8 Å². The van der Waals surface area contributed by atoms with E-state index in [-0.39, 0.29) is 18.5 Å². The van der Waals surface area contributed by atoms with Gasteiger partial charge in [0.15, 0.2) is 6.29 Å². The molecule has 0 spiro atoms. The molecule has 1 fully saturated rings. The van der Waals surface area contributed by atoms with Crippen molar-refractivity contribution in [2.75, 3.05) is 47.2 Å². The summed E-state index contributed by atoms with van der Waals surface area (Å²) in [6.45, 7) is 2.07. The van der Waals surface area contributed by atoms with Crippen LogP contribution in [0.15, 0.2) is 24.3 Å². The fraction of sp³-hybridized carbons (Fsp3) is 0.667. The molecule has 4 atom stereocenters. The molecule has 1 aromatic carbocycles. The van der Waals surface area contributed by atoms with Gasteiger partial charge in [-0.25, -0.2) is 0 Å². The van der Waals surface area contributed by atoms with Crippen molar-refractivity contribution in [2.24, 2.45) is 0 Å². The molecule has 1 N–H and O–H groups in total. The van der Waals surface area contributed by atoms with E-state index in [0.29, 0.717) is 59.2 Å². The summed E-state index contributed by atoms with van der Waals surface area (Å²) in [6, 6.07) is 7.64. The van der Waals surface area contributed by atoms with E-state index in [1.807, 2.05) is 31.2 Å². The molecule has 1 aromatic rings. The second kappa shape index (κ2) is 13.7. The Morgan fingerprint density at radius 3 is 2.69 bits per heavy atom. The van der Waals surface area contributed by atoms with E-state index in [1.54, 1.807) is 14.2 Å². The Balaban J connectivity index is 1.64. The van der Waals surface area contributed by atoms with Crippen LogP contribution in [0.4, 0.5) is 0 Å². The van der Waals surface area contributed by atoms with Crippen LogP contribution in [0.25, 0.3) is 0 Å². The number of ether oxygens (including phenoxy) is 4. The van der Waals surface area contributed by atoms with Gasteiger partial charge in [-0.1, -0.05) is 12.1 Å². The Labute approximate surface area is 194 Å². The fourth-order valence-electron chi connectivity index (χ4n) is 2.61. The molecule has 1 heterocycles. The van der Waals surface area contributed by atoms with Crippen molar-refractivity contribution < 1.29 is 30.7 Å². The number of nitrogens with one attached hydrogen (secondary N) is 1. The van der Waals surface area contributed by atoms with Crippen LogP contribution in [0.3, 0.4) is 0 Å². The Bertz CT molecular complexity index is 639. The maximum absolute atomic E-state index is 5.90. The van der Waals surface area contributed by atoms with Crippen molar-refractivity contribution in [2.45, 2.75) is 31.8 Å². The summed E-state index contributed by atoms with van der Waals surface area (Å²) in [4.78, 5) is 0. The van der Waals surface area contributed by atoms with E-state index in [9.17, 15) is 0 Å². The molecule has 2 rings (SSSR count). The summed E-state index contributed by atoms with van der Waals surface area (Å²) in [5.74, 6) is 0.801. The second-order valence-corrected chi connectivity index (χ2v) is 11.1. The predicted octanol–water partition coefficient (Wildman–Crippen LogP) is 2.48. The molecule has 0 radical (unpaired) electrons. The summed E-state index contributed by atoms with van der Waals surface area (Å²) in [6.07, 6.45) is 0.289. The zero-order chi connectivity index (χ0) is 21.1. The number of methoxy groups -OCH3 is 1. The van der Waals surface area contributed by atoms with Crippen LogP contribution in [-0.2, 0) is 37.8 Å². The third-order valence-corrected chi connectivity index (χ3v) is 7.93. The zero-order valence-electron chi connectivity index (χ0n) is 17.1. The van der Waals surface area contributed by atoms with E-state index in [2.05, 4.69) is 5.09 Å². The Kier molecular flexibility index (Phi) is 12.1. The van der Waals surface area contributed by atoms with Crippen LogP contribution < -0.4 is 9.82 Å². The van der Waals surface area contributed by atoms with E-state index < -0.39 is 6.64 Å². The van der Waals surface area contributed by atoms with E-state index in [0.717, 1.165) is 17.7 Å². The molecule has 0 saturated carbocycles. The SMILES string of the molecule is COc1ccc(C2OCC(COCCNP(=S)(OC)OC(C)CC[O][Tl])O2)cc1. The number of rotatable bonds is 14. The van der Waals surface area contributed by atoms with Gasteiger partial charge in [0.2, 0.25) is 0 Å². The minimum atomic E-state index is -2.52. The molecule has 1 aliphatic rings. The minimum Gasteiger partial charge on any atom is -0.340 e. The fourth-order valence-corrected chi connectivity index (χ4v) is 5.09. The van der Waals surface area contributed by atoms with Crippen molar-refractivity contribution in [3.8, 4) is 5.75 Å². The standard InChI is InChI=1S/C18H29NO7PS.Tl/c1-14(8-10-20)26-27(28,22-3)19-9-11-23-12-17-13-24-18(25-17)15-4-6-16(21-2)7-5-15;/h4-7,14,17-18H,8-13H2,1-3H3,(H,19,28);/q-1;+1. The molecule has 0 bridgehead atoms. The molecular weight excluding hydrogens is 610 g/mol. The summed E-state index contributed by atoms with van der Waals surface area (Å²) in [5.41, 5.74) is 0.957. The molecule has 1 saturated heterocycles. The number of hydrogen-bond acceptors (Lipinski definition) is 8. The van der Waals surface area contributed by atoms with Crippen molar-refractivity contribution >= 4 is 44.7 Å². The van der Waals surface area contributed by atoms with E-state index in [1.165, 1.54) is 0 Å². The van der Waals surface area contributed by atoms with Crippen LogP contribution in [0.5, 0.6) is 5.75 Å². The summed E-state index contributed by atoms with van der Waals surface area (Å²) in [7, 11) is 3.20. The largest absolute Gasteiger partial charge is 0.340 e. The first-order valence-electron chi connectivity index (χ1n) is 9.39. The molecule has 1 aliphatic heterocycles. The van der Waals surface area contributed by atoms with Gasteiger partial charge < -0.3 is 14.2 Å². The molecule has 0 aliphatic carbocycles. The van der Waals surface area contributed by atoms with Gasteiger partial charge in [0.25, 0.3) is 0 Å². The molecule has 11 heteroatoms. The maximum atomic E-state index is 5.90. The first kappa shape index (κ1) is 25.6. The molecule has 0 amide bonds.